The van der Waals surface area contributed by atoms with Gasteiger partial charge in [-0.05, 0) is 40.5 Å². The molecule has 2 rings (SSSR count). The Kier molecular flexibility index (Phi) is 3.33. The van der Waals surface area contributed by atoms with Crippen LogP contribution in [0.1, 0.15) is 16.8 Å². The van der Waals surface area contributed by atoms with Crippen LogP contribution in [0.25, 0.3) is 0 Å². The van der Waals surface area contributed by atoms with Crippen LogP contribution in [0.2, 0.25) is 0 Å². The van der Waals surface area contributed by atoms with Gasteiger partial charge in [-0.25, -0.2) is 9.59 Å². The Balaban J connectivity index is 2.39. The van der Waals surface area contributed by atoms with Gasteiger partial charge in [0.05, 0.1) is 11.3 Å². The number of rotatable bonds is 2. The molecule has 17 heavy (non-hydrogen) atoms. The molecule has 1 aromatic carbocycles. The van der Waals surface area contributed by atoms with Gasteiger partial charge in [-0.3, -0.25) is 4.90 Å². The molecule has 5 nitrogen and oxygen atoms in total. The zero-order valence-corrected chi connectivity index (χ0v) is 10.5. The molecular weight excluding hydrogens is 288 g/mol. The molecule has 1 saturated heterocycles. The van der Waals surface area contributed by atoms with E-state index in [0.29, 0.717) is 23.2 Å². The van der Waals surface area contributed by atoms with Crippen LogP contribution < -0.4 is 10.2 Å². The molecule has 1 aliphatic rings. The van der Waals surface area contributed by atoms with Crippen molar-refractivity contribution in [2.45, 2.75) is 6.42 Å². The average molecular weight is 299 g/mol. The summed E-state index contributed by atoms with van der Waals surface area (Å²) >= 11 is 3.33. The first-order valence-electron chi connectivity index (χ1n) is 5.18. The lowest BCUT2D eigenvalue weighted by Gasteiger charge is -2.28. The third kappa shape index (κ3) is 2.41. The van der Waals surface area contributed by atoms with Gasteiger partial charge in [0, 0.05) is 17.6 Å². The van der Waals surface area contributed by atoms with E-state index in [1.54, 1.807) is 11.0 Å². The van der Waals surface area contributed by atoms with Crippen molar-refractivity contribution in [1.82, 2.24) is 5.32 Å². The quantitative estimate of drug-likeness (QED) is 0.878. The fourth-order valence-corrected chi connectivity index (χ4v) is 2.17. The van der Waals surface area contributed by atoms with Crippen molar-refractivity contribution >= 4 is 33.6 Å². The van der Waals surface area contributed by atoms with Crippen LogP contribution in [0.5, 0.6) is 0 Å². The molecule has 0 unspecified atom stereocenters. The summed E-state index contributed by atoms with van der Waals surface area (Å²) in [5, 5.41) is 11.7. The number of halogens is 1. The maximum Gasteiger partial charge on any atom is 0.335 e. The summed E-state index contributed by atoms with van der Waals surface area (Å²) in [6.07, 6.45) is 0.843. The van der Waals surface area contributed by atoms with Crippen molar-refractivity contribution in [1.29, 1.82) is 0 Å². The highest BCUT2D eigenvalue weighted by atomic mass is 79.9. The van der Waals surface area contributed by atoms with Crippen LogP contribution in [-0.2, 0) is 0 Å². The van der Waals surface area contributed by atoms with E-state index >= 15 is 0 Å². The van der Waals surface area contributed by atoms with Crippen LogP contribution >= 0.6 is 15.9 Å². The number of carbonyl (C=O) groups is 2. The maximum atomic E-state index is 11.7. The molecule has 2 N–H and O–H groups in total. The lowest BCUT2D eigenvalue weighted by atomic mass is 10.1. The smallest absolute Gasteiger partial charge is 0.335 e. The van der Waals surface area contributed by atoms with Gasteiger partial charge in [0.2, 0.25) is 0 Å². The number of benzene rings is 1. The predicted octanol–water partition coefficient (Wildman–Crippen LogP) is 2.07. The molecule has 1 heterocycles. The predicted molar refractivity (Wildman–Crippen MR) is 66.5 cm³/mol. The summed E-state index contributed by atoms with van der Waals surface area (Å²) in [4.78, 5) is 24.1. The minimum atomic E-state index is -1.00. The van der Waals surface area contributed by atoms with Gasteiger partial charge in [0.15, 0.2) is 0 Å². The van der Waals surface area contributed by atoms with Crippen LogP contribution in [0.15, 0.2) is 22.7 Å². The molecule has 0 bridgehead atoms. The second kappa shape index (κ2) is 4.75. The zero-order valence-electron chi connectivity index (χ0n) is 8.94. The number of nitrogens with zero attached hydrogens (tertiary/aromatic N) is 1. The average Bonchev–Trinajstić information content (AvgIpc) is 2.30. The van der Waals surface area contributed by atoms with E-state index < -0.39 is 5.97 Å². The van der Waals surface area contributed by atoms with Crippen LogP contribution in [0, 0.1) is 0 Å². The Hall–Kier alpha value is -1.56. The Labute approximate surface area is 107 Å². The summed E-state index contributed by atoms with van der Waals surface area (Å²) in [6.45, 7) is 1.25. The van der Waals surface area contributed by atoms with Gasteiger partial charge >= 0.3 is 12.0 Å². The van der Waals surface area contributed by atoms with Gasteiger partial charge in [-0.2, -0.15) is 0 Å². The molecular formula is C11H11BrN2O3. The number of carbonyl (C=O) groups excluding carboxylic acids is 1. The van der Waals surface area contributed by atoms with Crippen molar-refractivity contribution in [3.8, 4) is 0 Å². The number of amides is 2. The van der Waals surface area contributed by atoms with Gasteiger partial charge in [-0.1, -0.05) is 0 Å². The fraction of sp³-hybridized carbons (Fsp3) is 0.273. The highest BCUT2D eigenvalue weighted by Crippen LogP contribution is 2.28. The lowest BCUT2D eigenvalue weighted by Crippen LogP contribution is -2.46. The topological polar surface area (TPSA) is 69.6 Å². The third-order valence-corrected chi connectivity index (χ3v) is 3.23. The first-order chi connectivity index (χ1) is 8.09. The highest BCUT2D eigenvalue weighted by Gasteiger charge is 2.22. The summed E-state index contributed by atoms with van der Waals surface area (Å²) in [5.74, 6) is -1.00. The molecule has 0 aromatic heterocycles. The molecule has 0 saturated carbocycles. The Morgan fingerprint density at radius 2 is 2.24 bits per heavy atom. The van der Waals surface area contributed by atoms with E-state index in [0.717, 1.165) is 6.42 Å². The van der Waals surface area contributed by atoms with Gasteiger partial charge in [0.25, 0.3) is 0 Å². The molecule has 90 valence electrons. The molecule has 0 spiro atoms. The summed E-state index contributed by atoms with van der Waals surface area (Å²) in [7, 11) is 0. The number of nitrogens with one attached hydrogen (secondary N) is 1. The van der Waals surface area contributed by atoms with Crippen molar-refractivity contribution in [3.63, 3.8) is 0 Å². The number of carboxylic acids is 1. The first-order valence-corrected chi connectivity index (χ1v) is 5.97. The molecule has 2 amide bonds. The van der Waals surface area contributed by atoms with Gasteiger partial charge in [0.1, 0.15) is 0 Å². The number of anilines is 1. The van der Waals surface area contributed by atoms with E-state index in [1.807, 2.05) is 0 Å². The number of hydrogen-bond donors (Lipinski definition) is 2. The van der Waals surface area contributed by atoms with Crippen LogP contribution in [-0.4, -0.2) is 30.2 Å². The monoisotopic (exact) mass is 298 g/mol. The van der Waals surface area contributed by atoms with Crippen molar-refractivity contribution in [3.05, 3.63) is 28.2 Å². The fourth-order valence-electron chi connectivity index (χ4n) is 1.71. The summed E-state index contributed by atoms with van der Waals surface area (Å²) < 4.78 is 0.708. The third-order valence-electron chi connectivity index (χ3n) is 2.56. The number of hydrogen-bond acceptors (Lipinski definition) is 2. The van der Waals surface area contributed by atoms with Crippen LogP contribution in [0.3, 0.4) is 0 Å². The Bertz CT molecular complexity index is 476. The second-order valence-corrected chi connectivity index (χ2v) is 4.56. The lowest BCUT2D eigenvalue weighted by molar-refractivity contribution is 0.0697. The van der Waals surface area contributed by atoms with Crippen molar-refractivity contribution in [2.24, 2.45) is 0 Å². The molecule has 1 aromatic rings. The maximum absolute atomic E-state index is 11.7. The Morgan fingerprint density at radius 3 is 2.88 bits per heavy atom. The van der Waals surface area contributed by atoms with Gasteiger partial charge < -0.3 is 10.4 Å². The van der Waals surface area contributed by atoms with Crippen molar-refractivity contribution < 1.29 is 14.7 Å². The van der Waals surface area contributed by atoms with E-state index in [4.69, 9.17) is 5.11 Å². The van der Waals surface area contributed by atoms with Crippen LogP contribution in [0.4, 0.5) is 10.5 Å². The van der Waals surface area contributed by atoms with Crippen molar-refractivity contribution in [2.75, 3.05) is 18.0 Å². The Morgan fingerprint density at radius 1 is 1.47 bits per heavy atom. The molecule has 1 fully saturated rings. The normalized spacial score (nSPS) is 15.6. The van der Waals surface area contributed by atoms with E-state index in [-0.39, 0.29) is 11.6 Å². The molecule has 1 aliphatic heterocycles. The molecule has 0 aliphatic carbocycles. The number of carboxylic acid groups (broad SMARTS) is 1. The molecule has 6 heteroatoms. The zero-order chi connectivity index (χ0) is 12.4. The summed E-state index contributed by atoms with van der Waals surface area (Å²) in [6, 6.07) is 4.44. The molecule has 0 atom stereocenters. The minimum Gasteiger partial charge on any atom is -0.478 e. The SMILES string of the molecule is O=C(O)c1ccc(Br)c(N2CCCNC2=O)c1. The van der Waals surface area contributed by atoms with E-state index in [9.17, 15) is 9.59 Å². The largest absolute Gasteiger partial charge is 0.478 e. The number of aromatic carboxylic acids is 1. The standard InChI is InChI=1S/C11H11BrN2O3/c12-8-3-2-7(10(15)16)6-9(8)14-5-1-4-13-11(14)17/h2-3,6H,1,4-5H2,(H,13,17)(H,15,16). The highest BCUT2D eigenvalue weighted by molar-refractivity contribution is 9.10. The van der Waals surface area contributed by atoms with E-state index in [2.05, 4.69) is 21.2 Å². The second-order valence-electron chi connectivity index (χ2n) is 3.71. The number of urea groups is 1. The first kappa shape index (κ1) is 11.9. The summed E-state index contributed by atoms with van der Waals surface area (Å²) in [5.41, 5.74) is 0.753. The minimum absolute atomic E-state index is 0.168. The van der Waals surface area contributed by atoms with E-state index in [1.165, 1.54) is 12.1 Å². The molecule has 0 radical (unpaired) electrons. The van der Waals surface area contributed by atoms with Gasteiger partial charge in [-0.15, -0.1) is 0 Å².